The molecule has 0 bridgehead atoms. The van der Waals surface area contributed by atoms with Crippen LogP contribution in [0, 0.1) is 4.91 Å². The Bertz CT molecular complexity index is 1040. The van der Waals surface area contributed by atoms with E-state index in [-0.39, 0.29) is 30.2 Å². The van der Waals surface area contributed by atoms with Crippen molar-refractivity contribution in [3.05, 3.63) is 68.8 Å². The molecule has 12 heteroatoms. The van der Waals surface area contributed by atoms with Crippen molar-refractivity contribution in [2.75, 3.05) is 11.6 Å². The van der Waals surface area contributed by atoms with Crippen LogP contribution in [0.5, 0.6) is 0 Å². The van der Waals surface area contributed by atoms with Crippen molar-refractivity contribution in [2.45, 2.75) is 43.9 Å². The number of fused-ring (bicyclic) bond motifs is 1. The van der Waals surface area contributed by atoms with Gasteiger partial charge in [-0.3, -0.25) is 19.5 Å². The highest BCUT2D eigenvalue weighted by Crippen LogP contribution is 2.32. The molecule has 12 nitrogen and oxygen atoms in total. The van der Waals surface area contributed by atoms with E-state index in [4.69, 9.17) is 11.4 Å². The minimum absolute atomic E-state index is 0.0263. The van der Waals surface area contributed by atoms with E-state index in [9.17, 15) is 14.5 Å². The summed E-state index contributed by atoms with van der Waals surface area (Å²) in [6, 6.07) is 5.83. The maximum absolute atomic E-state index is 12.8. The van der Waals surface area contributed by atoms with E-state index in [1.807, 2.05) is 0 Å². The fourth-order valence-electron chi connectivity index (χ4n) is 4.50. The molecule has 0 radical (unpaired) electrons. The summed E-state index contributed by atoms with van der Waals surface area (Å²) in [5, 5.41) is 13.7. The zero-order valence-corrected chi connectivity index (χ0v) is 17.2. The van der Waals surface area contributed by atoms with Crippen molar-refractivity contribution >= 4 is 17.5 Å². The molecule has 1 saturated carbocycles. The van der Waals surface area contributed by atoms with Gasteiger partial charge < -0.3 is 10.6 Å². The maximum Gasteiger partial charge on any atom is 0.316 e. The summed E-state index contributed by atoms with van der Waals surface area (Å²) in [6.45, 7) is 0.0263. The van der Waals surface area contributed by atoms with Gasteiger partial charge in [0.25, 0.3) is 0 Å². The molecule has 1 unspecified atom stereocenters. The van der Waals surface area contributed by atoms with Gasteiger partial charge in [0.05, 0.1) is 24.0 Å². The number of hydrogen-bond acceptors (Lipinski definition) is 8. The molecule has 2 fully saturated rings. The molecular formula is C20H23N9O3. The van der Waals surface area contributed by atoms with Gasteiger partial charge in [0.15, 0.2) is 0 Å². The third-order valence-electron chi connectivity index (χ3n) is 6.01. The minimum Gasteiger partial charge on any atom is -0.350 e. The van der Waals surface area contributed by atoms with Crippen LogP contribution in [0.1, 0.15) is 36.0 Å². The van der Waals surface area contributed by atoms with E-state index >= 15 is 0 Å². The molecule has 1 aromatic carbocycles. The van der Waals surface area contributed by atoms with Crippen LogP contribution in [0.15, 0.2) is 58.2 Å². The zero-order chi connectivity index (χ0) is 22.7. The number of rotatable bonds is 6. The molecule has 2 atom stereocenters. The molecule has 4 rings (SSSR count). The van der Waals surface area contributed by atoms with Crippen LogP contribution >= 0.6 is 0 Å². The summed E-state index contributed by atoms with van der Waals surface area (Å²) >= 11 is 0. The zero-order valence-electron chi connectivity index (χ0n) is 17.2. The first-order valence-corrected chi connectivity index (χ1v) is 10.3. The smallest absolute Gasteiger partial charge is 0.316 e. The summed E-state index contributed by atoms with van der Waals surface area (Å²) in [5.41, 5.74) is 10.1. The van der Waals surface area contributed by atoms with Crippen LogP contribution in [-0.2, 0) is 4.79 Å². The maximum atomic E-state index is 12.8. The molecule has 0 aromatic heterocycles. The second kappa shape index (κ2) is 9.18. The van der Waals surface area contributed by atoms with E-state index in [1.54, 1.807) is 24.3 Å². The van der Waals surface area contributed by atoms with E-state index < -0.39 is 11.9 Å². The average Bonchev–Trinajstić information content (AvgIpc) is 3.35. The Morgan fingerprint density at radius 2 is 2.09 bits per heavy atom. The fraction of sp³-hybridized carbons (Fsp3) is 0.400. The number of benzene rings is 1. The van der Waals surface area contributed by atoms with Gasteiger partial charge in [-0.2, -0.15) is 0 Å². The molecule has 32 heavy (non-hydrogen) atoms. The molecule has 4 N–H and O–H groups in total. The van der Waals surface area contributed by atoms with Crippen LogP contribution in [0.25, 0.3) is 10.4 Å². The van der Waals surface area contributed by atoms with Gasteiger partial charge in [-0.1, -0.05) is 24.0 Å². The van der Waals surface area contributed by atoms with Crippen molar-refractivity contribution in [2.24, 2.45) is 16.1 Å². The number of nitrogens with one attached hydrogen (secondary N) is 2. The number of amides is 2. The summed E-state index contributed by atoms with van der Waals surface area (Å²) in [7, 11) is 0. The number of carbonyl (C=O) groups excluding carboxylic acids is 2. The van der Waals surface area contributed by atoms with Gasteiger partial charge in [-0.25, -0.2) is 5.84 Å². The predicted octanol–water partition coefficient (Wildman–Crippen LogP) is 1.98. The Balaban J connectivity index is 1.63. The molecule has 2 aliphatic heterocycles. The van der Waals surface area contributed by atoms with Gasteiger partial charge in [0.2, 0.25) is 5.91 Å². The molecule has 166 valence electrons. The Kier molecular flexibility index (Phi) is 6.17. The van der Waals surface area contributed by atoms with Crippen molar-refractivity contribution in [3.8, 4) is 0 Å². The number of azide groups is 1. The number of nitrogens with two attached hydrogens (primary N) is 1. The SMILES string of the molecule is [N-]=[N+]=NC[C@@H]1C(=O)NC2=CC=C(N(N)c3cccc(C(=O)N=O)c3)NC2N1C1CCCC1. The number of hydrazine groups is 1. The van der Waals surface area contributed by atoms with Gasteiger partial charge in [0, 0.05) is 21.7 Å². The number of carbonyl (C=O) groups is 2. The largest absolute Gasteiger partial charge is 0.350 e. The van der Waals surface area contributed by atoms with Crippen LogP contribution in [-0.4, -0.2) is 41.5 Å². The Labute approximate surface area is 183 Å². The van der Waals surface area contributed by atoms with Crippen LogP contribution in [0.4, 0.5) is 5.69 Å². The standard InChI is InChI=1S/C20H23N9O3/c21-27-23-11-16-20(31)24-15-8-9-17(25-18(15)28(16)13-5-1-2-6-13)29(22)14-7-3-4-12(10-14)19(30)26-32/h3-4,7-10,13,16,18,25H,1-2,5-6,11,22H2,(H,24,31)/t16-,18?/m1/s1. The molecule has 2 heterocycles. The first-order valence-electron chi connectivity index (χ1n) is 10.3. The lowest BCUT2D eigenvalue weighted by Crippen LogP contribution is -2.67. The fourth-order valence-corrected chi connectivity index (χ4v) is 4.50. The quantitative estimate of drug-likeness (QED) is 0.153. The van der Waals surface area contributed by atoms with Gasteiger partial charge >= 0.3 is 5.91 Å². The predicted molar refractivity (Wildman–Crippen MR) is 116 cm³/mol. The topological polar surface area (TPSA) is 169 Å². The lowest BCUT2D eigenvalue weighted by atomic mass is 10.0. The number of anilines is 1. The molecule has 3 aliphatic rings. The number of nitrogens with zero attached hydrogens (tertiary/aromatic N) is 6. The second-order valence-electron chi connectivity index (χ2n) is 7.84. The van der Waals surface area contributed by atoms with Crippen molar-refractivity contribution in [1.29, 1.82) is 0 Å². The van der Waals surface area contributed by atoms with Crippen LogP contribution < -0.4 is 21.5 Å². The highest BCUT2D eigenvalue weighted by atomic mass is 16.3. The second-order valence-corrected chi connectivity index (χ2v) is 7.84. The van der Waals surface area contributed by atoms with Crippen molar-refractivity contribution in [3.63, 3.8) is 0 Å². The monoisotopic (exact) mass is 437 g/mol. The molecule has 2 amide bonds. The minimum atomic E-state index is -0.878. The van der Waals surface area contributed by atoms with Crippen molar-refractivity contribution in [1.82, 2.24) is 15.5 Å². The molecular weight excluding hydrogens is 414 g/mol. The van der Waals surface area contributed by atoms with Crippen LogP contribution in [0.2, 0.25) is 0 Å². The van der Waals surface area contributed by atoms with E-state index in [2.05, 4.69) is 30.7 Å². The number of piperazine rings is 1. The number of allylic oxidation sites excluding steroid dienone is 2. The van der Waals surface area contributed by atoms with Gasteiger partial charge in [0.1, 0.15) is 12.0 Å². The highest BCUT2D eigenvalue weighted by Gasteiger charge is 2.44. The van der Waals surface area contributed by atoms with Crippen molar-refractivity contribution < 1.29 is 9.59 Å². The first kappa shape index (κ1) is 21.5. The summed E-state index contributed by atoms with van der Waals surface area (Å²) < 4.78 is 0. The Hall–Kier alpha value is -3.73. The molecule has 1 saturated heterocycles. The molecule has 1 aromatic rings. The first-order chi connectivity index (χ1) is 15.5. The van der Waals surface area contributed by atoms with E-state index in [1.165, 1.54) is 17.1 Å². The third kappa shape index (κ3) is 4.06. The van der Waals surface area contributed by atoms with E-state index in [0.717, 1.165) is 25.7 Å². The molecule has 1 aliphatic carbocycles. The Morgan fingerprint density at radius 1 is 1.31 bits per heavy atom. The Morgan fingerprint density at radius 3 is 2.81 bits per heavy atom. The van der Waals surface area contributed by atoms with Gasteiger partial charge in [-0.15, -0.1) is 4.91 Å². The highest BCUT2D eigenvalue weighted by molar-refractivity contribution is 5.95. The average molecular weight is 437 g/mol. The lowest BCUT2D eigenvalue weighted by molar-refractivity contribution is -0.130. The van der Waals surface area contributed by atoms with Gasteiger partial charge in [-0.05, 0) is 48.7 Å². The van der Waals surface area contributed by atoms with E-state index in [0.29, 0.717) is 17.2 Å². The normalized spacial score (nSPS) is 23.1. The number of nitroso groups, excluding NO2 is 1. The summed E-state index contributed by atoms with van der Waals surface area (Å²) in [6.07, 6.45) is 7.16. The molecule has 0 spiro atoms. The number of hydrogen-bond donors (Lipinski definition) is 3. The third-order valence-corrected chi connectivity index (χ3v) is 6.01. The lowest BCUT2D eigenvalue weighted by Gasteiger charge is -2.48. The summed E-state index contributed by atoms with van der Waals surface area (Å²) in [4.78, 5) is 39.9. The van der Waals surface area contributed by atoms with Crippen LogP contribution in [0.3, 0.4) is 0 Å². The number of dihydropyridines is 1. The summed E-state index contributed by atoms with van der Waals surface area (Å²) in [5.74, 6) is 5.77.